The van der Waals surface area contributed by atoms with Gasteiger partial charge in [0, 0.05) is 56.9 Å². The Kier molecular flexibility index (Phi) is 7.17. The Bertz CT molecular complexity index is 3200. The number of hydrogen-bond donors (Lipinski definition) is 0. The number of allylic oxidation sites excluding steroid dienone is 4. The molecule has 0 fully saturated rings. The van der Waals surface area contributed by atoms with Crippen molar-refractivity contribution >= 4 is 83.7 Å². The van der Waals surface area contributed by atoms with Gasteiger partial charge in [0.1, 0.15) is 0 Å². The van der Waals surface area contributed by atoms with Crippen molar-refractivity contribution in [1.82, 2.24) is 9.47 Å². The highest BCUT2D eigenvalue weighted by Crippen LogP contribution is 2.46. The quantitative estimate of drug-likeness (QED) is 0.161. The van der Waals surface area contributed by atoms with Gasteiger partial charge in [0.05, 0.1) is 17.1 Å². The molecular formula is C54H42N2. The van der Waals surface area contributed by atoms with E-state index >= 15 is 0 Å². The third-order valence-corrected chi connectivity index (χ3v) is 13.2. The number of rotatable bonds is 5. The molecule has 8 aromatic rings. The Hall–Kier alpha value is -6.38. The highest BCUT2D eigenvalue weighted by molar-refractivity contribution is 6.37. The molecule has 1 aromatic heterocycles. The Morgan fingerprint density at radius 1 is 0.589 bits per heavy atom. The topological polar surface area (TPSA) is 8.17 Å². The van der Waals surface area contributed by atoms with Gasteiger partial charge in [-0.15, -0.1) is 0 Å². The minimum Gasteiger partial charge on any atom is -0.363 e. The van der Waals surface area contributed by atoms with Crippen LogP contribution >= 0.6 is 0 Å². The van der Waals surface area contributed by atoms with Crippen molar-refractivity contribution in [2.45, 2.75) is 37.6 Å². The summed E-state index contributed by atoms with van der Waals surface area (Å²) in [7, 11) is 0. The summed E-state index contributed by atoms with van der Waals surface area (Å²) >= 11 is 0. The third-order valence-electron chi connectivity index (χ3n) is 13.2. The Labute approximate surface area is 327 Å². The maximum Gasteiger partial charge on any atom is 0.0626 e. The molecule has 0 spiro atoms. The van der Waals surface area contributed by atoms with E-state index in [-0.39, 0.29) is 0 Å². The van der Waals surface area contributed by atoms with E-state index in [2.05, 4.69) is 185 Å². The third kappa shape index (κ3) is 4.75. The second-order valence-corrected chi connectivity index (χ2v) is 16.2. The molecule has 0 N–H and O–H groups in total. The molecule has 0 saturated heterocycles. The van der Waals surface area contributed by atoms with E-state index in [0.717, 1.165) is 32.2 Å². The number of hydrogen-bond acceptors (Lipinski definition) is 1. The van der Waals surface area contributed by atoms with E-state index in [1.54, 1.807) is 0 Å². The number of nitrogens with zero attached hydrogens (tertiary/aromatic N) is 2. The van der Waals surface area contributed by atoms with E-state index < -0.39 is 0 Å². The summed E-state index contributed by atoms with van der Waals surface area (Å²) in [6.07, 6.45) is 24.0. The standard InChI is InChI=1S/C54H42N2/c1-4-19-41-35(13-1)16-11-18-39(41)34-55-50(33-51(55)45-25-12-17-36-14-2-5-20-42(36)45)38-27-30-40(31-28-38)56-49-26-10-9-24-48(49)53-52-43-21-6-3-15-37(43)29-32-46(52)44-22-7-8-23-47(44)54(53)56/h1,3-4,6-17,19-27,29-33,38-39,50H,2,5,18,28,34H2. The van der Waals surface area contributed by atoms with Gasteiger partial charge in [-0.25, -0.2) is 0 Å². The lowest BCUT2D eigenvalue weighted by Crippen LogP contribution is -2.49. The lowest BCUT2D eigenvalue weighted by molar-refractivity contribution is 0.236. The van der Waals surface area contributed by atoms with Gasteiger partial charge < -0.3 is 9.47 Å². The van der Waals surface area contributed by atoms with Crippen LogP contribution in [-0.2, 0) is 0 Å². The Morgan fingerprint density at radius 3 is 2.30 bits per heavy atom. The second-order valence-electron chi connectivity index (χ2n) is 16.2. The van der Waals surface area contributed by atoms with E-state index in [1.165, 1.54) is 92.6 Å². The molecule has 3 atom stereocenters. The zero-order valence-electron chi connectivity index (χ0n) is 31.4. The SMILES string of the molecule is C1=Cc2ccccc2C(CN2C(c3cccc4c3=CCCC=4)=CC2C2C=CC(n3c4ccccc4c4c5c6ccccc6ccc5c5ccccc5c43)=CC2)C1. The van der Waals surface area contributed by atoms with Crippen LogP contribution in [0.15, 0.2) is 158 Å². The van der Waals surface area contributed by atoms with Crippen molar-refractivity contribution in [3.05, 3.63) is 185 Å². The monoisotopic (exact) mass is 718 g/mol. The maximum atomic E-state index is 2.76. The number of para-hydroxylation sites is 1. The summed E-state index contributed by atoms with van der Waals surface area (Å²) < 4.78 is 2.56. The number of aromatic nitrogens is 1. The molecule has 2 heterocycles. The molecule has 3 aliphatic carbocycles. The average Bonchev–Trinajstić information content (AvgIpc) is 3.61. The van der Waals surface area contributed by atoms with E-state index in [9.17, 15) is 0 Å². The summed E-state index contributed by atoms with van der Waals surface area (Å²) in [5.74, 6) is 0.856. The average molecular weight is 719 g/mol. The van der Waals surface area contributed by atoms with Crippen molar-refractivity contribution in [2.24, 2.45) is 5.92 Å². The van der Waals surface area contributed by atoms with Gasteiger partial charge in [-0.05, 0) is 87.0 Å². The van der Waals surface area contributed by atoms with E-state index in [4.69, 9.17) is 0 Å². The molecule has 0 bridgehead atoms. The summed E-state index contributed by atoms with van der Waals surface area (Å²) in [6.45, 7) is 1.02. The summed E-state index contributed by atoms with van der Waals surface area (Å²) in [4.78, 5) is 2.76. The van der Waals surface area contributed by atoms with Gasteiger partial charge in [0.25, 0.3) is 0 Å². The van der Waals surface area contributed by atoms with Crippen LogP contribution in [0.2, 0.25) is 0 Å². The van der Waals surface area contributed by atoms with Crippen LogP contribution in [0.5, 0.6) is 0 Å². The van der Waals surface area contributed by atoms with Crippen LogP contribution in [0.1, 0.15) is 48.3 Å². The fourth-order valence-corrected chi connectivity index (χ4v) is 10.6. The van der Waals surface area contributed by atoms with Gasteiger partial charge in [-0.3, -0.25) is 0 Å². The summed E-state index contributed by atoms with van der Waals surface area (Å²) in [5.41, 5.74) is 9.48. The fraction of sp³-hybridized carbons (Fsp3) is 0.148. The first kappa shape index (κ1) is 31.9. The molecule has 2 heteroatoms. The van der Waals surface area contributed by atoms with Crippen LogP contribution in [0.3, 0.4) is 0 Å². The zero-order valence-corrected chi connectivity index (χ0v) is 31.4. The highest BCUT2D eigenvalue weighted by Gasteiger charge is 2.37. The summed E-state index contributed by atoms with van der Waals surface area (Å²) in [5, 5.41) is 13.3. The molecule has 1 aliphatic heterocycles. The van der Waals surface area contributed by atoms with Gasteiger partial charge in [0.2, 0.25) is 0 Å². The van der Waals surface area contributed by atoms with Crippen molar-refractivity contribution in [3.63, 3.8) is 0 Å². The smallest absolute Gasteiger partial charge is 0.0626 e. The van der Waals surface area contributed by atoms with Gasteiger partial charge in [0.15, 0.2) is 0 Å². The molecular weight excluding hydrogens is 677 g/mol. The molecule has 268 valence electrons. The molecule has 0 radical (unpaired) electrons. The second kappa shape index (κ2) is 12.6. The first-order valence-corrected chi connectivity index (χ1v) is 20.5. The molecule has 2 nitrogen and oxygen atoms in total. The Balaban J connectivity index is 0.982. The minimum atomic E-state index is 0.342. The van der Waals surface area contributed by atoms with Crippen molar-refractivity contribution in [1.29, 1.82) is 0 Å². The maximum absolute atomic E-state index is 2.76. The lowest BCUT2D eigenvalue weighted by Gasteiger charge is -2.47. The largest absolute Gasteiger partial charge is 0.363 e. The highest BCUT2D eigenvalue weighted by atomic mass is 15.2. The molecule has 3 unspecified atom stereocenters. The van der Waals surface area contributed by atoms with Gasteiger partial charge in [-0.2, -0.15) is 0 Å². The molecule has 0 saturated carbocycles. The number of fused-ring (bicyclic) bond motifs is 12. The van der Waals surface area contributed by atoms with Gasteiger partial charge in [-0.1, -0.05) is 158 Å². The molecule has 7 aromatic carbocycles. The van der Waals surface area contributed by atoms with E-state index in [1.807, 2.05) is 0 Å². The molecule has 0 amide bonds. The van der Waals surface area contributed by atoms with Gasteiger partial charge >= 0.3 is 0 Å². The van der Waals surface area contributed by atoms with Crippen LogP contribution in [-0.4, -0.2) is 22.1 Å². The van der Waals surface area contributed by atoms with Crippen molar-refractivity contribution < 1.29 is 0 Å². The normalized spacial score (nSPS) is 20.1. The first-order valence-electron chi connectivity index (χ1n) is 20.5. The predicted molar refractivity (Wildman–Crippen MR) is 239 cm³/mol. The van der Waals surface area contributed by atoms with Crippen molar-refractivity contribution in [3.8, 4) is 0 Å². The van der Waals surface area contributed by atoms with Crippen LogP contribution in [0.4, 0.5) is 0 Å². The molecule has 12 rings (SSSR count). The molecule has 56 heavy (non-hydrogen) atoms. The van der Waals surface area contributed by atoms with Crippen LogP contribution in [0, 0.1) is 5.92 Å². The lowest BCUT2D eigenvalue weighted by atomic mass is 9.80. The summed E-state index contributed by atoms with van der Waals surface area (Å²) in [6, 6.07) is 47.9. The molecule has 4 aliphatic rings. The van der Waals surface area contributed by atoms with Crippen LogP contribution < -0.4 is 10.4 Å². The first-order chi connectivity index (χ1) is 27.8. The fourth-order valence-electron chi connectivity index (χ4n) is 10.6. The minimum absolute atomic E-state index is 0.342. The predicted octanol–water partition coefficient (Wildman–Crippen LogP) is 12.0. The zero-order chi connectivity index (χ0) is 36.7. The van der Waals surface area contributed by atoms with Crippen LogP contribution in [0.25, 0.3) is 83.7 Å². The number of benzene rings is 7. The Morgan fingerprint density at radius 2 is 1.39 bits per heavy atom. The van der Waals surface area contributed by atoms with E-state index in [0.29, 0.717) is 17.9 Å². The van der Waals surface area contributed by atoms with Crippen molar-refractivity contribution in [2.75, 3.05) is 6.54 Å².